The van der Waals surface area contributed by atoms with E-state index in [9.17, 15) is 4.39 Å². The number of hydrogen-bond donors (Lipinski definition) is 0. The van der Waals surface area contributed by atoms with Crippen molar-refractivity contribution in [3.63, 3.8) is 0 Å². The minimum atomic E-state index is -0.240. The quantitative estimate of drug-likeness (QED) is 0.778. The molecule has 0 atom stereocenters. The molecule has 0 N–H and O–H groups in total. The fraction of sp³-hybridized carbons (Fsp3) is 0.182. The topological polar surface area (TPSA) is 26.0 Å². The average molecular weight is 270 g/mol. The van der Waals surface area contributed by atoms with Crippen LogP contribution in [0.15, 0.2) is 29.0 Å². The van der Waals surface area contributed by atoms with E-state index >= 15 is 0 Å². The molecule has 0 radical (unpaired) electrons. The van der Waals surface area contributed by atoms with Crippen LogP contribution in [0.4, 0.5) is 4.39 Å². The van der Waals surface area contributed by atoms with Gasteiger partial charge in [0.15, 0.2) is 12.2 Å². The molecule has 0 saturated carbocycles. The first-order chi connectivity index (χ1) is 7.22. The Hall–Kier alpha value is -1.16. The Morgan fingerprint density at radius 2 is 2.27 bits per heavy atom. The molecule has 2 nitrogen and oxygen atoms in total. The maximum atomic E-state index is 12.9. The van der Waals surface area contributed by atoms with Gasteiger partial charge in [-0.2, -0.15) is 0 Å². The van der Waals surface area contributed by atoms with Gasteiger partial charge in [0.1, 0.15) is 5.82 Å². The monoisotopic (exact) mass is 269 g/mol. The van der Waals surface area contributed by atoms with E-state index in [1.165, 1.54) is 18.5 Å². The SMILES string of the molecule is Cc1cc(F)ccc1-c1ocnc1CBr. The molecule has 0 saturated heterocycles. The number of oxazole rings is 1. The molecular formula is C11H9BrFNO. The Morgan fingerprint density at radius 1 is 1.47 bits per heavy atom. The van der Waals surface area contributed by atoms with Gasteiger partial charge in [-0.15, -0.1) is 0 Å². The van der Waals surface area contributed by atoms with E-state index in [0.717, 1.165) is 16.8 Å². The van der Waals surface area contributed by atoms with Gasteiger partial charge >= 0.3 is 0 Å². The summed E-state index contributed by atoms with van der Waals surface area (Å²) in [6, 6.07) is 4.61. The Balaban J connectivity index is 2.54. The summed E-state index contributed by atoms with van der Waals surface area (Å²) in [6.45, 7) is 1.85. The number of hydrogen-bond acceptors (Lipinski definition) is 2. The first kappa shape index (κ1) is 10.4. The molecule has 0 bridgehead atoms. The van der Waals surface area contributed by atoms with Gasteiger partial charge in [-0.05, 0) is 30.7 Å². The summed E-state index contributed by atoms with van der Waals surface area (Å²) >= 11 is 3.33. The molecular weight excluding hydrogens is 261 g/mol. The lowest BCUT2D eigenvalue weighted by molar-refractivity contribution is 0.570. The first-order valence-electron chi connectivity index (χ1n) is 4.47. The van der Waals surface area contributed by atoms with E-state index < -0.39 is 0 Å². The molecule has 0 fully saturated rings. The van der Waals surface area contributed by atoms with Crippen LogP contribution in [0.5, 0.6) is 0 Å². The van der Waals surface area contributed by atoms with Crippen molar-refractivity contribution in [2.75, 3.05) is 0 Å². The Morgan fingerprint density at radius 3 is 2.93 bits per heavy atom. The number of benzene rings is 1. The fourth-order valence-corrected chi connectivity index (χ4v) is 1.86. The smallest absolute Gasteiger partial charge is 0.181 e. The van der Waals surface area contributed by atoms with Gasteiger partial charge in [-0.25, -0.2) is 9.37 Å². The average Bonchev–Trinajstić information content (AvgIpc) is 2.65. The molecule has 15 heavy (non-hydrogen) atoms. The van der Waals surface area contributed by atoms with Crippen molar-refractivity contribution in [2.45, 2.75) is 12.3 Å². The molecule has 2 aromatic rings. The van der Waals surface area contributed by atoms with Gasteiger partial charge in [-0.1, -0.05) is 15.9 Å². The Labute approximate surface area is 95.3 Å². The highest BCUT2D eigenvalue weighted by Gasteiger charge is 2.12. The number of aromatic nitrogens is 1. The van der Waals surface area contributed by atoms with Crippen LogP contribution < -0.4 is 0 Å². The summed E-state index contributed by atoms with van der Waals surface area (Å²) in [6.07, 6.45) is 1.40. The van der Waals surface area contributed by atoms with Crippen LogP contribution in [-0.4, -0.2) is 4.98 Å². The van der Waals surface area contributed by atoms with Crippen LogP contribution >= 0.6 is 15.9 Å². The summed E-state index contributed by atoms with van der Waals surface area (Å²) < 4.78 is 18.2. The second-order valence-electron chi connectivity index (χ2n) is 3.22. The molecule has 0 spiro atoms. The third-order valence-corrected chi connectivity index (χ3v) is 2.73. The molecule has 1 aromatic heterocycles. The van der Waals surface area contributed by atoms with Crippen molar-refractivity contribution in [1.29, 1.82) is 0 Å². The van der Waals surface area contributed by atoms with Crippen molar-refractivity contribution in [3.05, 3.63) is 41.7 Å². The van der Waals surface area contributed by atoms with Crippen molar-refractivity contribution in [2.24, 2.45) is 0 Å². The third-order valence-electron chi connectivity index (χ3n) is 2.20. The van der Waals surface area contributed by atoms with E-state index in [-0.39, 0.29) is 5.82 Å². The van der Waals surface area contributed by atoms with Gasteiger partial charge < -0.3 is 4.42 Å². The van der Waals surface area contributed by atoms with Crippen molar-refractivity contribution >= 4 is 15.9 Å². The van der Waals surface area contributed by atoms with Crippen LogP contribution in [0.3, 0.4) is 0 Å². The predicted octanol–water partition coefficient (Wildman–Crippen LogP) is 3.68. The zero-order valence-electron chi connectivity index (χ0n) is 8.13. The highest BCUT2D eigenvalue weighted by atomic mass is 79.9. The number of rotatable bonds is 2. The fourth-order valence-electron chi connectivity index (χ4n) is 1.47. The standard InChI is InChI=1S/C11H9BrFNO/c1-7-4-8(13)2-3-9(7)11-10(5-12)14-6-15-11/h2-4,6H,5H2,1H3. The van der Waals surface area contributed by atoms with Gasteiger partial charge in [0.05, 0.1) is 5.69 Å². The maximum Gasteiger partial charge on any atom is 0.181 e. The Kier molecular flexibility index (Phi) is 2.86. The zero-order valence-corrected chi connectivity index (χ0v) is 9.71. The van der Waals surface area contributed by atoms with Crippen LogP contribution in [0.25, 0.3) is 11.3 Å². The number of halogens is 2. The number of alkyl halides is 1. The van der Waals surface area contributed by atoms with E-state index in [1.807, 2.05) is 6.92 Å². The van der Waals surface area contributed by atoms with Crippen molar-refractivity contribution in [1.82, 2.24) is 4.98 Å². The third kappa shape index (κ3) is 1.95. The van der Waals surface area contributed by atoms with Gasteiger partial charge in [0.2, 0.25) is 0 Å². The largest absolute Gasteiger partial charge is 0.443 e. The molecule has 4 heteroatoms. The van der Waals surface area contributed by atoms with Crippen molar-refractivity contribution < 1.29 is 8.81 Å². The molecule has 0 aliphatic heterocycles. The number of aryl methyl sites for hydroxylation is 1. The minimum Gasteiger partial charge on any atom is -0.443 e. The summed E-state index contributed by atoms with van der Waals surface area (Å²) in [7, 11) is 0. The van der Waals surface area contributed by atoms with Crippen LogP contribution in [0.1, 0.15) is 11.3 Å². The second kappa shape index (κ2) is 4.14. The summed E-state index contributed by atoms with van der Waals surface area (Å²) in [5, 5.41) is 0.621. The molecule has 1 heterocycles. The molecule has 0 aliphatic carbocycles. The van der Waals surface area contributed by atoms with E-state index in [2.05, 4.69) is 20.9 Å². The molecule has 1 aromatic carbocycles. The zero-order chi connectivity index (χ0) is 10.8. The molecule has 0 amide bonds. The number of nitrogens with zero attached hydrogens (tertiary/aromatic N) is 1. The minimum absolute atomic E-state index is 0.240. The van der Waals surface area contributed by atoms with Crippen molar-refractivity contribution in [3.8, 4) is 11.3 Å². The van der Waals surface area contributed by atoms with Gasteiger partial charge in [-0.3, -0.25) is 0 Å². The molecule has 0 unspecified atom stereocenters. The summed E-state index contributed by atoms with van der Waals surface area (Å²) in [5.41, 5.74) is 2.54. The van der Waals surface area contributed by atoms with E-state index in [4.69, 9.17) is 4.42 Å². The molecule has 0 aliphatic rings. The molecule has 2 rings (SSSR count). The summed E-state index contributed by atoms with van der Waals surface area (Å²) in [4.78, 5) is 4.07. The highest BCUT2D eigenvalue weighted by Crippen LogP contribution is 2.27. The van der Waals surface area contributed by atoms with Crippen LogP contribution in [-0.2, 0) is 5.33 Å². The van der Waals surface area contributed by atoms with Crippen LogP contribution in [0.2, 0.25) is 0 Å². The first-order valence-corrected chi connectivity index (χ1v) is 5.59. The van der Waals surface area contributed by atoms with E-state index in [1.54, 1.807) is 6.07 Å². The van der Waals surface area contributed by atoms with Crippen LogP contribution in [0, 0.1) is 12.7 Å². The maximum absolute atomic E-state index is 12.9. The Bertz CT molecular complexity index is 481. The lowest BCUT2D eigenvalue weighted by Crippen LogP contribution is -1.87. The van der Waals surface area contributed by atoms with E-state index in [0.29, 0.717) is 11.1 Å². The second-order valence-corrected chi connectivity index (χ2v) is 3.78. The predicted molar refractivity (Wildman–Crippen MR) is 59.3 cm³/mol. The lowest BCUT2D eigenvalue weighted by Gasteiger charge is -2.03. The lowest BCUT2D eigenvalue weighted by atomic mass is 10.1. The van der Waals surface area contributed by atoms with Gasteiger partial charge in [0.25, 0.3) is 0 Å². The highest BCUT2D eigenvalue weighted by molar-refractivity contribution is 9.08. The normalized spacial score (nSPS) is 10.6. The van der Waals surface area contributed by atoms with Gasteiger partial charge in [0, 0.05) is 10.9 Å². The molecule has 78 valence electrons. The summed E-state index contributed by atoms with van der Waals surface area (Å²) in [5.74, 6) is 0.459.